The van der Waals surface area contributed by atoms with Crippen LogP contribution in [0.2, 0.25) is 0 Å². The minimum atomic E-state index is -1.67. The molecule has 0 radical (unpaired) electrons. The molecule has 60 heavy (non-hydrogen) atoms. The number of nitrogens with two attached hydrogens (primary N) is 3. The third-order valence-corrected chi connectivity index (χ3v) is 10.9. The number of carbonyl (C=O) groups is 6. The van der Waals surface area contributed by atoms with E-state index in [1.54, 1.807) is 40.9 Å². The number of carboxylic acid groups (broad SMARTS) is 1. The molecule has 0 bridgehead atoms. The van der Waals surface area contributed by atoms with Crippen molar-refractivity contribution in [3.8, 4) is 0 Å². The lowest BCUT2D eigenvalue weighted by Crippen LogP contribution is -2.66. The standard InChI is InChI=1S/C42H69N11O7/c1-25(2)22-31(38(58)59)50-36(56)33(41(3,4)5)51-39(60)42(6,23-26-24-48-28-15-9-8-14-27(26)28)52-35(55)32-18-13-21-53(32)37(57)30(16-10-11-19-43)49-34(54)29(46-7)17-12-20-47-40(44)45/h8-9,14-15,24-25,29-33,46,48H,10-13,16-23,43H2,1-7H3,(H,49,54)(H,50,56)(H,51,60)(H,52,55)(H,58,59)(H4,44,45,47)/t29-,30-,31-,32-,33+,42-/m0/s1. The minimum absolute atomic E-state index is 0.00516. The molecule has 3 rings (SSSR count). The molecule has 6 atom stereocenters. The number of guanidine groups is 1. The number of carboxylic acids is 1. The van der Waals surface area contributed by atoms with Crippen molar-refractivity contribution in [3.63, 3.8) is 0 Å². The van der Waals surface area contributed by atoms with E-state index in [1.807, 2.05) is 38.1 Å². The molecule has 5 amide bonds. The van der Waals surface area contributed by atoms with Crippen molar-refractivity contribution in [1.82, 2.24) is 36.5 Å². The lowest BCUT2D eigenvalue weighted by atomic mass is 9.84. The van der Waals surface area contributed by atoms with Crippen LogP contribution in [-0.2, 0) is 35.2 Å². The zero-order chi connectivity index (χ0) is 44.8. The number of hydrogen-bond acceptors (Lipinski definition) is 9. The summed E-state index contributed by atoms with van der Waals surface area (Å²) in [6.07, 6.45) is 5.19. The first kappa shape index (κ1) is 49.1. The summed E-state index contributed by atoms with van der Waals surface area (Å²) in [4.78, 5) is 91.5. The van der Waals surface area contributed by atoms with E-state index < -0.39 is 70.8 Å². The third kappa shape index (κ3) is 13.9. The van der Waals surface area contributed by atoms with Crippen molar-refractivity contribution >= 4 is 52.4 Å². The van der Waals surface area contributed by atoms with Crippen LogP contribution in [0.5, 0.6) is 0 Å². The van der Waals surface area contributed by atoms with E-state index in [0.29, 0.717) is 58.0 Å². The molecule has 1 fully saturated rings. The highest BCUT2D eigenvalue weighted by atomic mass is 16.4. The molecule has 2 heterocycles. The Morgan fingerprint density at radius 3 is 2.22 bits per heavy atom. The molecule has 0 aliphatic carbocycles. The molecule has 0 spiro atoms. The van der Waals surface area contributed by atoms with Gasteiger partial charge in [-0.05, 0) is 94.8 Å². The number of rotatable bonds is 23. The monoisotopic (exact) mass is 840 g/mol. The summed E-state index contributed by atoms with van der Waals surface area (Å²) in [6, 6.07) is 2.63. The number of nitrogens with zero attached hydrogens (tertiary/aromatic N) is 2. The van der Waals surface area contributed by atoms with Gasteiger partial charge in [-0.3, -0.25) is 29.0 Å². The number of H-pyrrole nitrogens is 1. The van der Waals surface area contributed by atoms with E-state index in [0.717, 1.165) is 16.5 Å². The number of likely N-dealkylation sites (tertiary alicyclic amines) is 1. The van der Waals surface area contributed by atoms with Crippen molar-refractivity contribution < 1.29 is 33.9 Å². The van der Waals surface area contributed by atoms with Gasteiger partial charge in [0.05, 0.1) is 6.04 Å². The number of aliphatic carboxylic acids is 1. The van der Waals surface area contributed by atoms with E-state index in [4.69, 9.17) is 17.2 Å². The largest absolute Gasteiger partial charge is 0.480 e. The summed E-state index contributed by atoms with van der Waals surface area (Å²) in [5, 5.41) is 25.0. The highest BCUT2D eigenvalue weighted by molar-refractivity contribution is 5.99. The lowest BCUT2D eigenvalue weighted by molar-refractivity contribution is -0.144. The molecule has 18 heteroatoms. The number of fused-ring (bicyclic) bond motifs is 1. The number of likely N-dealkylation sites (N-methyl/N-ethyl adjacent to an activating group) is 1. The van der Waals surface area contributed by atoms with Crippen LogP contribution >= 0.6 is 0 Å². The summed E-state index contributed by atoms with van der Waals surface area (Å²) in [5.74, 6) is -3.98. The van der Waals surface area contributed by atoms with Crippen molar-refractivity contribution in [2.45, 2.75) is 135 Å². The number of aromatic nitrogens is 1. The van der Waals surface area contributed by atoms with Gasteiger partial charge in [0.2, 0.25) is 29.5 Å². The molecular weight excluding hydrogens is 771 g/mol. The number of benzene rings is 1. The normalized spacial score (nSPS) is 17.2. The highest BCUT2D eigenvalue weighted by Gasteiger charge is 2.45. The second kappa shape index (κ2) is 22.4. The Labute approximate surface area is 353 Å². The number of unbranched alkanes of at least 4 members (excludes halogenated alkanes) is 1. The number of aliphatic imine (C=N–C) groups is 1. The maximum absolute atomic E-state index is 14.7. The van der Waals surface area contributed by atoms with Crippen LogP contribution in [0.4, 0.5) is 0 Å². The number of hydrogen-bond donors (Lipinski definition) is 10. The molecule has 1 aromatic carbocycles. The molecule has 1 saturated heterocycles. The zero-order valence-electron chi connectivity index (χ0n) is 36.4. The fourth-order valence-corrected chi connectivity index (χ4v) is 7.54. The molecule has 13 N–H and O–H groups in total. The number of carbonyl (C=O) groups excluding carboxylic acids is 5. The van der Waals surface area contributed by atoms with Crippen LogP contribution < -0.4 is 43.8 Å². The van der Waals surface area contributed by atoms with Crippen LogP contribution in [0.15, 0.2) is 35.5 Å². The van der Waals surface area contributed by atoms with Crippen molar-refractivity contribution in [2.24, 2.45) is 33.5 Å². The summed E-state index contributed by atoms with van der Waals surface area (Å²) in [5.41, 5.74) is 15.6. The summed E-state index contributed by atoms with van der Waals surface area (Å²) in [7, 11) is 1.65. The Morgan fingerprint density at radius 1 is 0.933 bits per heavy atom. The van der Waals surface area contributed by atoms with Crippen molar-refractivity contribution in [2.75, 3.05) is 26.7 Å². The topological polar surface area (TPSA) is 292 Å². The third-order valence-electron chi connectivity index (χ3n) is 10.9. The van der Waals surface area contributed by atoms with E-state index in [1.165, 1.54) is 4.90 Å². The molecule has 334 valence electrons. The summed E-state index contributed by atoms with van der Waals surface area (Å²) < 4.78 is 0. The highest BCUT2D eigenvalue weighted by Crippen LogP contribution is 2.27. The Morgan fingerprint density at radius 2 is 1.60 bits per heavy atom. The van der Waals surface area contributed by atoms with Crippen LogP contribution in [0.1, 0.15) is 98.5 Å². The van der Waals surface area contributed by atoms with Gasteiger partial charge in [-0.2, -0.15) is 0 Å². The summed E-state index contributed by atoms with van der Waals surface area (Å²) >= 11 is 0. The maximum atomic E-state index is 14.7. The second-order valence-corrected chi connectivity index (χ2v) is 17.5. The average molecular weight is 840 g/mol. The fourth-order valence-electron chi connectivity index (χ4n) is 7.54. The lowest BCUT2D eigenvalue weighted by Gasteiger charge is -2.37. The van der Waals surface area contributed by atoms with Gasteiger partial charge in [0.15, 0.2) is 5.96 Å². The number of nitrogens with one attached hydrogen (secondary N) is 6. The van der Waals surface area contributed by atoms with Crippen LogP contribution in [-0.4, -0.2) is 119 Å². The Kier molecular flexibility index (Phi) is 18.3. The number of para-hydroxylation sites is 1. The summed E-state index contributed by atoms with van der Waals surface area (Å²) in [6.45, 7) is 11.5. The van der Waals surface area contributed by atoms with Gasteiger partial charge in [-0.25, -0.2) is 4.79 Å². The first-order chi connectivity index (χ1) is 28.2. The van der Waals surface area contributed by atoms with Gasteiger partial charge in [-0.1, -0.05) is 52.8 Å². The van der Waals surface area contributed by atoms with E-state index >= 15 is 0 Å². The predicted octanol–water partition coefficient (Wildman–Crippen LogP) is 0.978. The molecule has 1 aliphatic heterocycles. The Balaban J connectivity index is 1.94. The molecular formula is C42H69N11O7. The van der Waals surface area contributed by atoms with Gasteiger partial charge in [-0.15, -0.1) is 0 Å². The first-order valence-corrected chi connectivity index (χ1v) is 21.0. The van der Waals surface area contributed by atoms with E-state index in [2.05, 4.69) is 36.6 Å². The minimum Gasteiger partial charge on any atom is -0.480 e. The van der Waals surface area contributed by atoms with Crippen LogP contribution in [0, 0.1) is 11.3 Å². The van der Waals surface area contributed by atoms with E-state index in [9.17, 15) is 33.9 Å². The molecule has 1 aromatic heterocycles. The maximum Gasteiger partial charge on any atom is 0.326 e. The Hall–Kier alpha value is -5.23. The fraction of sp³-hybridized carbons (Fsp3) is 0.643. The van der Waals surface area contributed by atoms with E-state index in [-0.39, 0.29) is 37.2 Å². The number of amides is 5. The smallest absolute Gasteiger partial charge is 0.326 e. The van der Waals surface area contributed by atoms with Crippen LogP contribution in [0.3, 0.4) is 0 Å². The number of aromatic amines is 1. The first-order valence-electron chi connectivity index (χ1n) is 21.0. The predicted molar refractivity (Wildman–Crippen MR) is 231 cm³/mol. The molecule has 18 nitrogen and oxygen atoms in total. The Bertz CT molecular complexity index is 1820. The van der Waals surface area contributed by atoms with Gasteiger partial charge >= 0.3 is 5.97 Å². The molecule has 0 saturated carbocycles. The molecule has 0 unspecified atom stereocenters. The second-order valence-electron chi connectivity index (χ2n) is 17.5. The average Bonchev–Trinajstić information content (AvgIpc) is 3.83. The molecule has 1 aliphatic rings. The SMILES string of the molecule is CN[C@@H](CCCN=C(N)N)C(=O)N[C@@H](CCCCN)C(=O)N1CCC[C@H]1C(=O)N[C@@](C)(Cc1c[nH]c2ccccc12)C(=O)N[C@H](C(=O)N[C@@H](CC(C)C)C(=O)O)C(C)(C)C. The quantitative estimate of drug-likeness (QED) is 0.0428. The van der Waals surface area contributed by atoms with Gasteiger partial charge in [0, 0.05) is 36.6 Å². The van der Waals surface area contributed by atoms with Gasteiger partial charge < -0.3 is 58.8 Å². The van der Waals surface area contributed by atoms with Gasteiger partial charge in [0.25, 0.3) is 0 Å². The van der Waals surface area contributed by atoms with Gasteiger partial charge in [0.1, 0.15) is 29.7 Å². The molecule has 2 aromatic rings. The zero-order valence-corrected chi connectivity index (χ0v) is 36.4. The van der Waals surface area contributed by atoms with Crippen molar-refractivity contribution in [1.29, 1.82) is 0 Å². The van der Waals surface area contributed by atoms with Crippen molar-refractivity contribution in [3.05, 3.63) is 36.0 Å². The van der Waals surface area contributed by atoms with Crippen LogP contribution in [0.25, 0.3) is 10.9 Å².